The first kappa shape index (κ1) is 18.4. The van der Waals surface area contributed by atoms with Crippen LogP contribution in [0.25, 0.3) is 0 Å². The predicted molar refractivity (Wildman–Crippen MR) is 108 cm³/mol. The highest BCUT2D eigenvalue weighted by atomic mass is 35.5. The number of carbonyl (C=O) groups excluding carboxylic acids is 1. The fourth-order valence-electron chi connectivity index (χ4n) is 4.13. The van der Waals surface area contributed by atoms with Gasteiger partial charge in [0, 0.05) is 68.8 Å². The molecule has 1 aliphatic heterocycles. The van der Waals surface area contributed by atoms with E-state index in [0.29, 0.717) is 23.0 Å². The Bertz CT molecular complexity index is 825. The van der Waals surface area contributed by atoms with E-state index in [-0.39, 0.29) is 0 Å². The van der Waals surface area contributed by atoms with Crippen LogP contribution >= 0.6 is 11.6 Å². The zero-order valence-corrected chi connectivity index (χ0v) is 16.5. The first-order chi connectivity index (χ1) is 13.2. The fourth-order valence-corrected chi connectivity index (χ4v) is 4.38. The molecule has 0 N–H and O–H groups in total. The van der Waals surface area contributed by atoms with E-state index in [1.165, 1.54) is 5.69 Å². The summed E-state index contributed by atoms with van der Waals surface area (Å²) in [6.07, 6.45) is 4.80. The van der Waals surface area contributed by atoms with E-state index in [1.807, 2.05) is 18.2 Å². The van der Waals surface area contributed by atoms with E-state index in [0.717, 1.165) is 63.4 Å². The van der Waals surface area contributed by atoms with Crippen molar-refractivity contribution >= 4 is 23.1 Å². The summed E-state index contributed by atoms with van der Waals surface area (Å²) in [4.78, 5) is 16.9. The first-order valence-electron chi connectivity index (χ1n) is 9.68. The molecule has 5 nitrogen and oxygen atoms in total. The van der Waals surface area contributed by atoms with Gasteiger partial charge in [0.1, 0.15) is 5.75 Å². The average molecular weight is 388 g/mol. The molecule has 0 bridgehead atoms. The van der Waals surface area contributed by atoms with E-state index >= 15 is 0 Å². The van der Waals surface area contributed by atoms with Gasteiger partial charge in [-0.05, 0) is 37.1 Å². The summed E-state index contributed by atoms with van der Waals surface area (Å²) in [5.41, 5.74) is 3.33. The molecule has 0 atom stereocenters. The van der Waals surface area contributed by atoms with E-state index in [4.69, 9.17) is 16.3 Å². The molecule has 0 radical (unpaired) electrons. The molecule has 27 heavy (non-hydrogen) atoms. The molecule has 1 fully saturated rings. The molecular formula is C21H26ClN3O2. The summed E-state index contributed by atoms with van der Waals surface area (Å²) in [5, 5.41) is 0.657. The normalized spacial score (nSPS) is 17.9. The minimum Gasteiger partial charge on any atom is -0.495 e. The number of methoxy groups -OCH3 is 1. The number of piperazine rings is 1. The van der Waals surface area contributed by atoms with Crippen LogP contribution < -0.4 is 9.64 Å². The summed E-state index contributed by atoms with van der Waals surface area (Å²) < 4.78 is 7.52. The number of rotatable bonds is 5. The Balaban J connectivity index is 1.31. The number of hydrogen-bond acceptors (Lipinski definition) is 4. The number of carbonyl (C=O) groups is 1. The molecule has 1 aliphatic carbocycles. The lowest BCUT2D eigenvalue weighted by Gasteiger charge is -2.36. The van der Waals surface area contributed by atoms with Crippen molar-refractivity contribution < 1.29 is 9.53 Å². The minimum absolute atomic E-state index is 0.307. The van der Waals surface area contributed by atoms with Crippen LogP contribution in [0.3, 0.4) is 0 Å². The number of nitrogens with zero attached hydrogens (tertiary/aromatic N) is 3. The van der Waals surface area contributed by atoms with Crippen LogP contribution in [0.4, 0.5) is 5.69 Å². The van der Waals surface area contributed by atoms with Crippen molar-refractivity contribution in [2.24, 2.45) is 0 Å². The standard InChI is InChI=1S/C21H26ClN3O2/c1-27-21-6-5-16(15-18(21)22)24-12-9-23(10-13-24)11-14-25-8-7-17-19(25)3-2-4-20(17)26/h5-8,15H,2-4,9-14H2,1H3. The van der Waals surface area contributed by atoms with Crippen LogP contribution in [0.1, 0.15) is 28.9 Å². The summed E-state index contributed by atoms with van der Waals surface area (Å²) in [7, 11) is 1.64. The van der Waals surface area contributed by atoms with Crippen molar-refractivity contribution in [1.82, 2.24) is 9.47 Å². The zero-order valence-electron chi connectivity index (χ0n) is 15.8. The number of benzene rings is 1. The molecule has 144 valence electrons. The maximum Gasteiger partial charge on any atom is 0.164 e. The van der Waals surface area contributed by atoms with Crippen molar-refractivity contribution in [3.8, 4) is 5.75 Å². The van der Waals surface area contributed by atoms with Gasteiger partial charge in [0.05, 0.1) is 12.1 Å². The summed E-state index contributed by atoms with van der Waals surface area (Å²) >= 11 is 6.26. The van der Waals surface area contributed by atoms with E-state index < -0.39 is 0 Å². The minimum atomic E-state index is 0.307. The fraction of sp³-hybridized carbons (Fsp3) is 0.476. The smallest absolute Gasteiger partial charge is 0.164 e. The van der Waals surface area contributed by atoms with Crippen LogP contribution in [-0.2, 0) is 13.0 Å². The molecular weight excluding hydrogens is 362 g/mol. The lowest BCUT2D eigenvalue weighted by atomic mass is 9.97. The zero-order chi connectivity index (χ0) is 18.8. The van der Waals surface area contributed by atoms with Gasteiger partial charge in [-0.25, -0.2) is 0 Å². The SMILES string of the molecule is COc1ccc(N2CCN(CCn3ccc4c3CCCC4=O)CC2)cc1Cl. The monoisotopic (exact) mass is 387 g/mol. The first-order valence-corrected chi connectivity index (χ1v) is 10.1. The van der Waals surface area contributed by atoms with E-state index in [2.05, 4.69) is 26.6 Å². The maximum atomic E-state index is 12.0. The van der Waals surface area contributed by atoms with Crippen LogP contribution in [-0.4, -0.2) is 55.1 Å². The number of ether oxygens (including phenoxy) is 1. The number of ketones is 1. The molecule has 2 aliphatic rings. The van der Waals surface area contributed by atoms with Crippen LogP contribution in [0.5, 0.6) is 5.75 Å². The van der Waals surface area contributed by atoms with Gasteiger partial charge in [-0.2, -0.15) is 0 Å². The Morgan fingerprint density at radius 3 is 2.63 bits per heavy atom. The molecule has 1 saturated heterocycles. The largest absolute Gasteiger partial charge is 0.495 e. The highest BCUT2D eigenvalue weighted by Gasteiger charge is 2.22. The molecule has 2 heterocycles. The Labute approximate surface area is 165 Å². The molecule has 0 saturated carbocycles. The number of aromatic nitrogens is 1. The van der Waals surface area contributed by atoms with Crippen molar-refractivity contribution in [3.05, 3.63) is 46.7 Å². The Hall–Kier alpha value is -1.98. The average Bonchev–Trinajstić information content (AvgIpc) is 3.11. The summed E-state index contributed by atoms with van der Waals surface area (Å²) in [6.45, 7) is 6.03. The van der Waals surface area contributed by atoms with E-state index in [9.17, 15) is 4.79 Å². The molecule has 1 aromatic carbocycles. The van der Waals surface area contributed by atoms with Gasteiger partial charge in [0.2, 0.25) is 0 Å². The number of halogens is 1. The van der Waals surface area contributed by atoms with E-state index in [1.54, 1.807) is 7.11 Å². The molecule has 6 heteroatoms. The van der Waals surface area contributed by atoms with Gasteiger partial charge >= 0.3 is 0 Å². The van der Waals surface area contributed by atoms with Crippen molar-refractivity contribution in [2.45, 2.75) is 25.8 Å². The van der Waals surface area contributed by atoms with Gasteiger partial charge in [0.25, 0.3) is 0 Å². The van der Waals surface area contributed by atoms with Crippen molar-refractivity contribution in [3.63, 3.8) is 0 Å². The van der Waals surface area contributed by atoms with Gasteiger partial charge in [0.15, 0.2) is 5.78 Å². The lowest BCUT2D eigenvalue weighted by Crippen LogP contribution is -2.47. The number of anilines is 1. The number of hydrogen-bond donors (Lipinski definition) is 0. The Morgan fingerprint density at radius 2 is 1.89 bits per heavy atom. The van der Waals surface area contributed by atoms with Crippen LogP contribution in [0.15, 0.2) is 30.5 Å². The highest BCUT2D eigenvalue weighted by molar-refractivity contribution is 6.32. The molecule has 1 aromatic heterocycles. The molecule has 0 spiro atoms. The predicted octanol–water partition coefficient (Wildman–Crippen LogP) is 3.49. The van der Waals surface area contributed by atoms with Gasteiger partial charge < -0.3 is 14.2 Å². The summed E-state index contributed by atoms with van der Waals surface area (Å²) in [6, 6.07) is 7.99. The lowest BCUT2D eigenvalue weighted by molar-refractivity contribution is 0.0971. The third-order valence-electron chi connectivity index (χ3n) is 5.73. The van der Waals surface area contributed by atoms with Crippen molar-refractivity contribution in [2.75, 3.05) is 44.7 Å². The van der Waals surface area contributed by atoms with Crippen LogP contribution in [0, 0.1) is 0 Å². The second-order valence-electron chi connectivity index (χ2n) is 7.29. The Morgan fingerprint density at radius 1 is 1.07 bits per heavy atom. The van der Waals surface area contributed by atoms with Crippen molar-refractivity contribution in [1.29, 1.82) is 0 Å². The third kappa shape index (κ3) is 3.85. The molecule has 2 aromatic rings. The van der Waals surface area contributed by atoms with Crippen LogP contribution in [0.2, 0.25) is 5.02 Å². The maximum absolute atomic E-state index is 12.0. The van der Waals surface area contributed by atoms with Gasteiger partial charge in [-0.3, -0.25) is 9.69 Å². The second-order valence-corrected chi connectivity index (χ2v) is 7.70. The molecule has 0 unspecified atom stereocenters. The van der Waals surface area contributed by atoms with Gasteiger partial charge in [-0.1, -0.05) is 11.6 Å². The second kappa shape index (κ2) is 7.95. The Kier molecular flexibility index (Phi) is 5.41. The number of fused-ring (bicyclic) bond motifs is 1. The topological polar surface area (TPSA) is 37.7 Å². The quantitative estimate of drug-likeness (QED) is 0.787. The summed E-state index contributed by atoms with van der Waals surface area (Å²) in [5.74, 6) is 1.02. The molecule has 4 rings (SSSR count). The third-order valence-corrected chi connectivity index (χ3v) is 6.02. The molecule has 0 amide bonds. The number of Topliss-reactive ketones (excluding diaryl/α,β-unsaturated/α-hetero) is 1. The van der Waals surface area contributed by atoms with Gasteiger partial charge in [-0.15, -0.1) is 0 Å². The highest BCUT2D eigenvalue weighted by Crippen LogP contribution is 2.29.